The number of aryl methyl sites for hydroxylation is 1. The van der Waals surface area contributed by atoms with Gasteiger partial charge in [-0.05, 0) is 24.1 Å². The maximum atomic E-state index is 10.3. The van der Waals surface area contributed by atoms with Crippen LogP contribution in [0, 0.1) is 11.3 Å². The first kappa shape index (κ1) is 10.1. The van der Waals surface area contributed by atoms with E-state index in [2.05, 4.69) is 0 Å². The zero-order chi connectivity index (χ0) is 10.6. The van der Waals surface area contributed by atoms with E-state index in [1.165, 1.54) is 0 Å². The molecule has 0 aliphatic heterocycles. The second-order valence-electron chi connectivity index (χ2n) is 2.93. The van der Waals surface area contributed by atoms with E-state index in [0.29, 0.717) is 17.7 Å². The highest BCUT2D eigenvalue weighted by atomic mass is 16.4. The van der Waals surface area contributed by atoms with Crippen LogP contribution in [0.15, 0.2) is 18.2 Å². The minimum Gasteiger partial charge on any atom is -0.481 e. The van der Waals surface area contributed by atoms with E-state index >= 15 is 0 Å². The molecule has 0 aliphatic carbocycles. The van der Waals surface area contributed by atoms with Crippen LogP contribution in [0.1, 0.15) is 17.5 Å². The van der Waals surface area contributed by atoms with Gasteiger partial charge in [-0.1, -0.05) is 6.07 Å². The van der Waals surface area contributed by atoms with E-state index in [-0.39, 0.29) is 6.42 Å². The minimum atomic E-state index is -0.847. The Morgan fingerprint density at radius 2 is 2.29 bits per heavy atom. The fourth-order valence-corrected chi connectivity index (χ4v) is 1.11. The first-order chi connectivity index (χ1) is 6.63. The third kappa shape index (κ3) is 2.49. The van der Waals surface area contributed by atoms with E-state index in [9.17, 15) is 4.79 Å². The summed E-state index contributed by atoms with van der Waals surface area (Å²) < 4.78 is 0. The molecule has 1 aromatic rings. The smallest absolute Gasteiger partial charge is 0.303 e. The van der Waals surface area contributed by atoms with Crippen LogP contribution >= 0.6 is 0 Å². The van der Waals surface area contributed by atoms with Crippen molar-refractivity contribution >= 4 is 11.7 Å². The molecule has 0 saturated carbocycles. The van der Waals surface area contributed by atoms with Gasteiger partial charge in [-0.25, -0.2) is 0 Å². The van der Waals surface area contributed by atoms with Crippen molar-refractivity contribution in [3.63, 3.8) is 0 Å². The van der Waals surface area contributed by atoms with Gasteiger partial charge < -0.3 is 10.8 Å². The molecular weight excluding hydrogens is 180 g/mol. The third-order valence-corrected chi connectivity index (χ3v) is 1.87. The van der Waals surface area contributed by atoms with Crippen molar-refractivity contribution in [2.45, 2.75) is 12.8 Å². The summed E-state index contributed by atoms with van der Waals surface area (Å²) in [5, 5.41) is 17.1. The first-order valence-electron chi connectivity index (χ1n) is 4.14. The molecule has 0 saturated heterocycles. The average Bonchev–Trinajstić information content (AvgIpc) is 2.16. The molecule has 14 heavy (non-hydrogen) atoms. The number of carboxylic acids is 1. The van der Waals surface area contributed by atoms with Crippen molar-refractivity contribution in [1.82, 2.24) is 0 Å². The molecule has 0 heterocycles. The number of hydrogen-bond donors (Lipinski definition) is 2. The van der Waals surface area contributed by atoms with Gasteiger partial charge >= 0.3 is 5.97 Å². The van der Waals surface area contributed by atoms with E-state index in [1.807, 2.05) is 6.07 Å². The van der Waals surface area contributed by atoms with E-state index in [1.54, 1.807) is 18.2 Å². The van der Waals surface area contributed by atoms with Gasteiger partial charge in [-0.2, -0.15) is 5.26 Å². The quantitative estimate of drug-likeness (QED) is 0.700. The summed E-state index contributed by atoms with van der Waals surface area (Å²) in [6.45, 7) is 0. The second-order valence-corrected chi connectivity index (χ2v) is 2.93. The number of carboxylic acid groups (broad SMARTS) is 1. The number of rotatable bonds is 3. The van der Waals surface area contributed by atoms with E-state index in [0.717, 1.165) is 5.56 Å². The highest BCUT2D eigenvalue weighted by molar-refractivity contribution is 5.67. The van der Waals surface area contributed by atoms with Crippen LogP contribution < -0.4 is 5.73 Å². The molecule has 0 radical (unpaired) electrons. The average molecular weight is 190 g/mol. The van der Waals surface area contributed by atoms with Gasteiger partial charge in [0, 0.05) is 12.1 Å². The largest absolute Gasteiger partial charge is 0.481 e. The van der Waals surface area contributed by atoms with Gasteiger partial charge in [-0.3, -0.25) is 4.79 Å². The Labute approximate surface area is 81.6 Å². The molecule has 0 unspecified atom stereocenters. The number of carbonyl (C=O) groups is 1. The maximum Gasteiger partial charge on any atom is 0.303 e. The number of aliphatic carboxylic acids is 1. The van der Waals surface area contributed by atoms with E-state index in [4.69, 9.17) is 16.1 Å². The summed E-state index contributed by atoms with van der Waals surface area (Å²) in [5.74, 6) is -0.847. The molecule has 1 rings (SSSR count). The van der Waals surface area contributed by atoms with Crippen LogP contribution in [-0.4, -0.2) is 11.1 Å². The second kappa shape index (κ2) is 4.28. The molecule has 1 aromatic carbocycles. The van der Waals surface area contributed by atoms with Crippen molar-refractivity contribution in [1.29, 1.82) is 5.26 Å². The topological polar surface area (TPSA) is 87.1 Å². The predicted octanol–water partition coefficient (Wildman–Crippen LogP) is 1.16. The van der Waals surface area contributed by atoms with Crippen LogP contribution in [-0.2, 0) is 11.2 Å². The minimum absolute atomic E-state index is 0.0643. The van der Waals surface area contributed by atoms with Crippen LogP contribution in [0.25, 0.3) is 0 Å². The van der Waals surface area contributed by atoms with Crippen molar-refractivity contribution in [2.24, 2.45) is 0 Å². The van der Waals surface area contributed by atoms with Crippen molar-refractivity contribution in [2.75, 3.05) is 5.73 Å². The zero-order valence-electron chi connectivity index (χ0n) is 7.53. The molecule has 0 amide bonds. The summed E-state index contributed by atoms with van der Waals surface area (Å²) in [5.41, 5.74) is 7.15. The molecule has 0 spiro atoms. The molecule has 0 aromatic heterocycles. The molecule has 3 N–H and O–H groups in total. The monoisotopic (exact) mass is 190 g/mol. The zero-order valence-corrected chi connectivity index (χ0v) is 7.53. The molecule has 72 valence electrons. The van der Waals surface area contributed by atoms with E-state index < -0.39 is 5.97 Å². The van der Waals surface area contributed by atoms with Gasteiger partial charge in [0.25, 0.3) is 0 Å². The highest BCUT2D eigenvalue weighted by Crippen LogP contribution is 2.14. The van der Waals surface area contributed by atoms with Crippen molar-refractivity contribution in [3.05, 3.63) is 29.3 Å². The van der Waals surface area contributed by atoms with Crippen molar-refractivity contribution in [3.8, 4) is 6.07 Å². The number of nitrogens with zero attached hydrogens (tertiary/aromatic N) is 1. The van der Waals surface area contributed by atoms with Gasteiger partial charge in [0.1, 0.15) is 6.07 Å². The van der Waals surface area contributed by atoms with Crippen LogP contribution in [0.4, 0.5) is 5.69 Å². The number of benzene rings is 1. The van der Waals surface area contributed by atoms with Crippen LogP contribution in [0.2, 0.25) is 0 Å². The fourth-order valence-electron chi connectivity index (χ4n) is 1.11. The lowest BCUT2D eigenvalue weighted by molar-refractivity contribution is -0.136. The Morgan fingerprint density at radius 3 is 2.86 bits per heavy atom. The summed E-state index contributed by atoms with van der Waals surface area (Å²) in [6.07, 6.45) is 0.485. The Kier molecular flexibility index (Phi) is 3.08. The van der Waals surface area contributed by atoms with Gasteiger partial charge in [0.05, 0.1) is 5.56 Å². The molecule has 4 heteroatoms. The number of anilines is 1. The molecule has 0 aliphatic rings. The number of nitriles is 1. The number of nitrogens with two attached hydrogens (primary N) is 1. The standard InChI is InChI=1S/C10H10N2O2/c11-6-8-5-7(1-3-9(8)12)2-4-10(13)14/h1,3,5H,2,4,12H2,(H,13,14). The maximum absolute atomic E-state index is 10.3. The summed E-state index contributed by atoms with van der Waals surface area (Å²) >= 11 is 0. The number of hydrogen-bond acceptors (Lipinski definition) is 3. The van der Waals surface area contributed by atoms with Gasteiger partial charge in [0.15, 0.2) is 0 Å². The summed E-state index contributed by atoms with van der Waals surface area (Å²) in [4.78, 5) is 10.3. The van der Waals surface area contributed by atoms with Crippen LogP contribution in [0.5, 0.6) is 0 Å². The Bertz CT molecular complexity index is 394. The Morgan fingerprint density at radius 1 is 1.57 bits per heavy atom. The SMILES string of the molecule is N#Cc1cc(CCC(=O)O)ccc1N. The highest BCUT2D eigenvalue weighted by Gasteiger charge is 2.02. The van der Waals surface area contributed by atoms with Gasteiger partial charge in [-0.15, -0.1) is 0 Å². The predicted molar refractivity (Wildman–Crippen MR) is 51.5 cm³/mol. The molecule has 0 atom stereocenters. The molecule has 0 bridgehead atoms. The number of nitrogen functional groups attached to an aromatic ring is 1. The normalized spacial score (nSPS) is 9.36. The van der Waals surface area contributed by atoms with Gasteiger partial charge in [0.2, 0.25) is 0 Å². The Hall–Kier alpha value is -2.02. The lowest BCUT2D eigenvalue weighted by Gasteiger charge is -2.01. The van der Waals surface area contributed by atoms with Crippen LogP contribution in [0.3, 0.4) is 0 Å². The van der Waals surface area contributed by atoms with Crippen molar-refractivity contribution < 1.29 is 9.90 Å². The third-order valence-electron chi connectivity index (χ3n) is 1.87. The lowest BCUT2D eigenvalue weighted by atomic mass is 10.1. The molecule has 0 fully saturated rings. The summed E-state index contributed by atoms with van der Waals surface area (Å²) in [6, 6.07) is 6.93. The summed E-state index contributed by atoms with van der Waals surface area (Å²) in [7, 11) is 0. The fraction of sp³-hybridized carbons (Fsp3) is 0.200. The Balaban J connectivity index is 2.80. The molecular formula is C10H10N2O2. The lowest BCUT2D eigenvalue weighted by Crippen LogP contribution is -1.98. The first-order valence-corrected chi connectivity index (χ1v) is 4.14. The molecule has 4 nitrogen and oxygen atoms in total.